The number of pyridine rings is 1. The van der Waals surface area contributed by atoms with Crippen molar-refractivity contribution in [1.82, 2.24) is 14.4 Å². The predicted molar refractivity (Wildman–Crippen MR) is 167 cm³/mol. The van der Waals surface area contributed by atoms with Crippen LogP contribution in [0.2, 0.25) is 0 Å². The molecule has 0 bridgehead atoms. The van der Waals surface area contributed by atoms with Gasteiger partial charge in [0.1, 0.15) is 0 Å². The zero-order valence-corrected chi connectivity index (χ0v) is 24.4. The molecule has 1 amide bonds. The lowest BCUT2D eigenvalue weighted by atomic mass is 10.0. The second kappa shape index (κ2) is 14.6. The topological polar surface area (TPSA) is 109 Å². The fraction of sp³-hybridized carbons (Fsp3) is 0.324. The van der Waals surface area contributed by atoms with Gasteiger partial charge in [-0.15, -0.1) is 0 Å². The summed E-state index contributed by atoms with van der Waals surface area (Å²) >= 11 is 0. The van der Waals surface area contributed by atoms with E-state index in [0.717, 1.165) is 44.6 Å². The van der Waals surface area contributed by atoms with Crippen LogP contribution in [0.4, 0.5) is 0 Å². The lowest BCUT2D eigenvalue weighted by Crippen LogP contribution is -2.49. The normalized spacial score (nSPS) is 14.6. The minimum atomic E-state index is -1.01. The van der Waals surface area contributed by atoms with Crippen LogP contribution in [0.1, 0.15) is 48.3 Å². The maximum Gasteiger partial charge on any atom is 0.338 e. The van der Waals surface area contributed by atoms with E-state index in [-0.39, 0.29) is 17.0 Å². The first kappa shape index (κ1) is 30.7. The van der Waals surface area contributed by atoms with Gasteiger partial charge in [-0.2, -0.15) is 0 Å². The van der Waals surface area contributed by atoms with Crippen molar-refractivity contribution >= 4 is 22.6 Å². The standard InChI is InChI=1S/C25H29N3O3.C9H11NO/c1-3-18(2)27-15-13-26(14-16-27)17-22-23(25(30)31)20-11-7-8-12-21(20)24(29)28(22)19-9-5-4-6-10-19;10-9(11)7-6-8-4-2-1-3-5-8/h4-12,18H,3,13-17H2,1-2H3,(H,30,31);1-5H,6-7H2,(H2,10,11)/t18-;/m0./s1. The molecule has 3 aromatic carbocycles. The number of piperazine rings is 1. The predicted octanol–water partition coefficient (Wildman–Crippen LogP) is 4.71. The second-order valence-corrected chi connectivity index (χ2v) is 10.7. The number of hydrogen-bond acceptors (Lipinski definition) is 5. The van der Waals surface area contributed by atoms with E-state index in [1.165, 1.54) is 0 Å². The molecule has 220 valence electrons. The summed E-state index contributed by atoms with van der Waals surface area (Å²) in [4.78, 5) is 41.0. The summed E-state index contributed by atoms with van der Waals surface area (Å²) < 4.78 is 1.59. The molecule has 1 aromatic heterocycles. The number of carbonyl (C=O) groups is 2. The molecule has 8 nitrogen and oxygen atoms in total. The van der Waals surface area contributed by atoms with Gasteiger partial charge in [0.25, 0.3) is 5.56 Å². The van der Waals surface area contributed by atoms with Gasteiger partial charge in [-0.05, 0) is 43.5 Å². The number of primary amides is 1. The van der Waals surface area contributed by atoms with Crippen LogP contribution in [0.3, 0.4) is 0 Å². The van der Waals surface area contributed by atoms with Gasteiger partial charge in [0.05, 0.1) is 11.3 Å². The maximum absolute atomic E-state index is 13.5. The molecule has 1 saturated heterocycles. The highest BCUT2D eigenvalue weighted by Crippen LogP contribution is 2.24. The summed E-state index contributed by atoms with van der Waals surface area (Å²) in [6, 6.07) is 26.7. The monoisotopic (exact) mass is 568 g/mol. The first-order chi connectivity index (χ1) is 20.3. The Balaban J connectivity index is 0.000000310. The molecule has 0 aliphatic carbocycles. The highest BCUT2D eigenvalue weighted by atomic mass is 16.4. The van der Waals surface area contributed by atoms with E-state index in [0.29, 0.717) is 41.2 Å². The van der Waals surface area contributed by atoms with Crippen molar-refractivity contribution in [3.63, 3.8) is 0 Å². The molecular weight excluding hydrogens is 528 g/mol. The largest absolute Gasteiger partial charge is 0.478 e. The smallest absolute Gasteiger partial charge is 0.338 e. The van der Waals surface area contributed by atoms with Crippen molar-refractivity contribution < 1.29 is 14.7 Å². The quantitative estimate of drug-likeness (QED) is 0.303. The summed E-state index contributed by atoms with van der Waals surface area (Å²) in [5.74, 6) is -1.25. The number of nitrogens with zero attached hydrogens (tertiary/aromatic N) is 3. The summed E-state index contributed by atoms with van der Waals surface area (Å²) in [5.41, 5.74) is 7.42. The Morgan fingerprint density at radius 1 is 0.857 bits per heavy atom. The van der Waals surface area contributed by atoms with Gasteiger partial charge in [-0.3, -0.25) is 24.0 Å². The minimum Gasteiger partial charge on any atom is -0.478 e. The molecule has 0 unspecified atom stereocenters. The zero-order chi connectivity index (χ0) is 30.1. The van der Waals surface area contributed by atoms with Crippen molar-refractivity contribution in [2.45, 2.75) is 45.7 Å². The third kappa shape index (κ3) is 7.51. The molecular formula is C34H40N4O4. The SMILES string of the molecule is CC[C@H](C)N1CCN(Cc2c(C(=O)O)c3ccccc3c(=O)n2-c2ccccc2)CC1.NC(=O)CCc1ccccc1. The molecule has 2 heterocycles. The number of amides is 1. The van der Waals surface area contributed by atoms with Gasteiger partial charge in [0.15, 0.2) is 0 Å². The van der Waals surface area contributed by atoms with Crippen LogP contribution in [0.5, 0.6) is 0 Å². The Hall–Kier alpha value is -4.27. The van der Waals surface area contributed by atoms with Crippen molar-refractivity contribution in [2.24, 2.45) is 5.73 Å². The number of hydrogen-bond donors (Lipinski definition) is 2. The number of rotatable bonds is 9. The molecule has 0 radical (unpaired) electrons. The van der Waals surface area contributed by atoms with Crippen LogP contribution in [-0.2, 0) is 17.8 Å². The Labute approximate surface area is 247 Å². The van der Waals surface area contributed by atoms with Crippen molar-refractivity contribution in [1.29, 1.82) is 0 Å². The second-order valence-electron chi connectivity index (χ2n) is 10.7. The molecule has 8 heteroatoms. The van der Waals surface area contributed by atoms with Crippen molar-refractivity contribution in [3.8, 4) is 5.69 Å². The Bertz CT molecular complexity index is 1540. The third-order valence-corrected chi connectivity index (χ3v) is 7.91. The van der Waals surface area contributed by atoms with Gasteiger partial charge in [-0.25, -0.2) is 4.79 Å². The number of aryl methyl sites for hydroxylation is 1. The lowest BCUT2D eigenvalue weighted by Gasteiger charge is -2.38. The number of nitrogens with two attached hydrogens (primary N) is 1. The number of carbonyl (C=O) groups excluding carboxylic acids is 1. The van der Waals surface area contributed by atoms with Gasteiger partial charge < -0.3 is 10.8 Å². The summed E-state index contributed by atoms with van der Waals surface area (Å²) in [7, 11) is 0. The highest BCUT2D eigenvalue weighted by Gasteiger charge is 2.26. The molecule has 1 atom stereocenters. The van der Waals surface area contributed by atoms with E-state index >= 15 is 0 Å². The van der Waals surface area contributed by atoms with Gasteiger partial charge in [0.2, 0.25) is 5.91 Å². The maximum atomic E-state index is 13.5. The molecule has 3 N–H and O–H groups in total. The number of aromatic carboxylic acids is 1. The van der Waals surface area contributed by atoms with Crippen LogP contribution in [0.15, 0.2) is 89.7 Å². The Morgan fingerprint density at radius 3 is 2.00 bits per heavy atom. The van der Waals surface area contributed by atoms with Gasteiger partial charge >= 0.3 is 5.97 Å². The molecule has 5 rings (SSSR count). The van der Waals surface area contributed by atoms with Crippen molar-refractivity contribution in [2.75, 3.05) is 26.2 Å². The Kier molecular flexibility index (Phi) is 10.6. The van der Waals surface area contributed by atoms with Gasteiger partial charge in [-0.1, -0.05) is 73.7 Å². The fourth-order valence-electron chi connectivity index (χ4n) is 5.38. The average molecular weight is 569 g/mol. The molecule has 42 heavy (non-hydrogen) atoms. The highest BCUT2D eigenvalue weighted by molar-refractivity contribution is 6.04. The number of fused-ring (bicyclic) bond motifs is 1. The number of carboxylic acids is 1. The van der Waals surface area contributed by atoms with E-state index in [2.05, 4.69) is 23.6 Å². The number of benzene rings is 3. The van der Waals surface area contributed by atoms with E-state index in [1.54, 1.807) is 28.8 Å². The summed E-state index contributed by atoms with van der Waals surface area (Å²) in [6.07, 6.45) is 2.29. The van der Waals surface area contributed by atoms with E-state index < -0.39 is 5.97 Å². The van der Waals surface area contributed by atoms with Crippen LogP contribution < -0.4 is 11.3 Å². The lowest BCUT2D eigenvalue weighted by molar-refractivity contribution is -0.118. The average Bonchev–Trinajstić information content (AvgIpc) is 3.01. The molecule has 1 aliphatic heterocycles. The van der Waals surface area contributed by atoms with Crippen molar-refractivity contribution in [3.05, 3.63) is 112 Å². The first-order valence-corrected chi connectivity index (χ1v) is 14.5. The third-order valence-electron chi connectivity index (χ3n) is 7.91. The van der Waals surface area contributed by atoms with E-state index in [4.69, 9.17) is 5.73 Å². The number of para-hydroxylation sites is 1. The Morgan fingerprint density at radius 2 is 1.43 bits per heavy atom. The van der Waals surface area contributed by atoms with Crippen LogP contribution in [0.25, 0.3) is 16.5 Å². The van der Waals surface area contributed by atoms with Crippen LogP contribution in [0, 0.1) is 0 Å². The number of aromatic nitrogens is 1. The molecule has 4 aromatic rings. The fourth-order valence-corrected chi connectivity index (χ4v) is 5.38. The summed E-state index contributed by atoms with van der Waals surface area (Å²) in [5, 5.41) is 11.1. The number of carboxylic acid groups (broad SMARTS) is 1. The minimum absolute atomic E-state index is 0.181. The molecule has 0 saturated carbocycles. The van der Waals surface area contributed by atoms with E-state index in [1.807, 2.05) is 60.7 Å². The van der Waals surface area contributed by atoms with Crippen LogP contribution in [-0.4, -0.2) is 63.6 Å². The molecule has 1 aliphatic rings. The first-order valence-electron chi connectivity index (χ1n) is 14.5. The van der Waals surface area contributed by atoms with Gasteiger partial charge in [0, 0.05) is 61.6 Å². The van der Waals surface area contributed by atoms with E-state index in [9.17, 15) is 19.5 Å². The summed E-state index contributed by atoms with van der Waals surface area (Å²) in [6.45, 7) is 8.45. The van der Waals surface area contributed by atoms with Crippen LogP contribution >= 0.6 is 0 Å². The molecule has 0 spiro atoms. The zero-order valence-electron chi connectivity index (χ0n) is 24.4. The molecule has 1 fully saturated rings.